The number of aliphatic hydroxyl groups excluding tert-OH is 1. The van der Waals surface area contributed by atoms with E-state index >= 15 is 0 Å². The second kappa shape index (κ2) is 6.88. The molecule has 0 saturated heterocycles. The topological polar surface area (TPSA) is 41.5 Å². The number of hydrogen-bond acceptors (Lipinski definition) is 3. The maximum absolute atomic E-state index is 9.48. The summed E-state index contributed by atoms with van der Waals surface area (Å²) in [4.78, 5) is 0. The summed E-state index contributed by atoms with van der Waals surface area (Å²) in [5.74, 6) is 0.977. The smallest absolute Gasteiger partial charge is 0.0610 e. The summed E-state index contributed by atoms with van der Waals surface area (Å²) in [5.41, 5.74) is -0.0742. The summed E-state index contributed by atoms with van der Waals surface area (Å²) >= 11 is 0. The van der Waals surface area contributed by atoms with Gasteiger partial charge >= 0.3 is 0 Å². The first kappa shape index (κ1) is 14.3. The van der Waals surface area contributed by atoms with Crippen LogP contribution in [-0.4, -0.2) is 36.5 Å². The van der Waals surface area contributed by atoms with Gasteiger partial charge < -0.3 is 15.2 Å². The zero-order valence-corrected chi connectivity index (χ0v) is 11.8. The molecule has 2 N–H and O–H groups in total. The Kier molecular flexibility index (Phi) is 5.46. The van der Waals surface area contributed by atoms with Crippen LogP contribution in [0.25, 0.3) is 0 Å². The van der Waals surface area contributed by atoms with E-state index in [9.17, 15) is 5.11 Å². The highest BCUT2D eigenvalue weighted by atomic mass is 16.5. The molecule has 0 aromatic carbocycles. The van der Waals surface area contributed by atoms with Crippen LogP contribution in [0.3, 0.4) is 0 Å². The first-order valence-electron chi connectivity index (χ1n) is 7.68. The summed E-state index contributed by atoms with van der Waals surface area (Å²) in [6, 6.07) is 0.664. The molecule has 0 spiro atoms. The molecular weight excluding hydrogens is 226 g/mol. The Morgan fingerprint density at radius 2 is 1.94 bits per heavy atom. The summed E-state index contributed by atoms with van der Waals surface area (Å²) in [6.07, 6.45) is 9.96. The first-order valence-corrected chi connectivity index (χ1v) is 7.68. The first-order chi connectivity index (χ1) is 8.72. The van der Waals surface area contributed by atoms with E-state index in [2.05, 4.69) is 12.2 Å². The molecule has 1 unspecified atom stereocenters. The van der Waals surface area contributed by atoms with Gasteiger partial charge in [-0.1, -0.05) is 12.8 Å². The predicted octanol–water partition coefficient (Wildman–Crippen LogP) is 2.48. The van der Waals surface area contributed by atoms with Crippen LogP contribution in [-0.2, 0) is 4.74 Å². The van der Waals surface area contributed by atoms with Crippen molar-refractivity contribution in [1.29, 1.82) is 0 Å². The van der Waals surface area contributed by atoms with Crippen LogP contribution in [0.1, 0.15) is 58.3 Å². The van der Waals surface area contributed by atoms with Gasteiger partial charge in [0.05, 0.1) is 6.61 Å². The summed E-state index contributed by atoms with van der Waals surface area (Å²) < 4.78 is 5.64. The molecule has 0 aromatic rings. The van der Waals surface area contributed by atoms with E-state index in [0.29, 0.717) is 6.04 Å². The van der Waals surface area contributed by atoms with Crippen LogP contribution in [0, 0.1) is 5.92 Å². The fraction of sp³-hybridized carbons (Fsp3) is 1.00. The Morgan fingerprint density at radius 3 is 2.56 bits per heavy atom. The maximum atomic E-state index is 9.48. The van der Waals surface area contributed by atoms with Gasteiger partial charge in [-0.3, -0.25) is 0 Å². The van der Waals surface area contributed by atoms with Gasteiger partial charge in [0.1, 0.15) is 0 Å². The number of hydrogen-bond donors (Lipinski definition) is 2. The van der Waals surface area contributed by atoms with Gasteiger partial charge in [0.2, 0.25) is 0 Å². The van der Waals surface area contributed by atoms with Crippen LogP contribution >= 0.6 is 0 Å². The highest BCUT2D eigenvalue weighted by Gasteiger charge is 2.31. The Hall–Kier alpha value is -0.120. The van der Waals surface area contributed by atoms with Crippen LogP contribution in [0.15, 0.2) is 0 Å². The number of nitrogens with one attached hydrogen (secondary N) is 1. The molecule has 1 atom stereocenters. The standard InChI is InChI=1S/C15H29NO2/c1-15(12-17,16-14-6-7-14)9-2-3-10-18-11-8-13-4-5-13/h13-14,16-17H,2-12H2,1H3. The molecule has 106 valence electrons. The van der Waals surface area contributed by atoms with Crippen molar-refractivity contribution in [2.24, 2.45) is 5.92 Å². The van der Waals surface area contributed by atoms with Gasteiger partial charge in [0.25, 0.3) is 0 Å². The van der Waals surface area contributed by atoms with Crippen molar-refractivity contribution in [3.63, 3.8) is 0 Å². The molecule has 3 heteroatoms. The molecule has 2 saturated carbocycles. The highest BCUT2D eigenvalue weighted by molar-refractivity contribution is 4.92. The highest BCUT2D eigenvalue weighted by Crippen LogP contribution is 2.32. The van der Waals surface area contributed by atoms with E-state index in [-0.39, 0.29) is 12.1 Å². The molecule has 3 nitrogen and oxygen atoms in total. The predicted molar refractivity (Wildman–Crippen MR) is 73.7 cm³/mol. The molecule has 2 aliphatic carbocycles. The molecular formula is C15H29NO2. The lowest BCUT2D eigenvalue weighted by Gasteiger charge is -2.29. The summed E-state index contributed by atoms with van der Waals surface area (Å²) in [5, 5.41) is 13.0. The third kappa shape index (κ3) is 5.68. The van der Waals surface area contributed by atoms with Crippen molar-refractivity contribution >= 4 is 0 Å². The number of unbranched alkanes of at least 4 members (excludes halogenated alkanes) is 1. The second-order valence-corrected chi connectivity index (χ2v) is 6.44. The fourth-order valence-corrected chi connectivity index (χ4v) is 2.40. The second-order valence-electron chi connectivity index (χ2n) is 6.44. The van der Waals surface area contributed by atoms with Gasteiger partial charge in [-0.25, -0.2) is 0 Å². The van der Waals surface area contributed by atoms with Crippen LogP contribution in [0.2, 0.25) is 0 Å². The monoisotopic (exact) mass is 255 g/mol. The summed E-state index contributed by atoms with van der Waals surface area (Å²) in [7, 11) is 0. The Morgan fingerprint density at radius 1 is 1.17 bits per heavy atom. The van der Waals surface area contributed by atoms with E-state index in [1.165, 1.54) is 32.1 Å². The molecule has 0 aliphatic heterocycles. The third-order valence-electron chi connectivity index (χ3n) is 4.11. The number of aliphatic hydroxyl groups is 1. The van der Waals surface area contributed by atoms with E-state index in [4.69, 9.17) is 4.74 Å². The Bertz CT molecular complexity index is 239. The van der Waals surface area contributed by atoms with E-state index in [0.717, 1.165) is 38.4 Å². The van der Waals surface area contributed by atoms with Crippen molar-refractivity contribution in [2.45, 2.75) is 69.9 Å². The fourth-order valence-electron chi connectivity index (χ4n) is 2.40. The van der Waals surface area contributed by atoms with Crippen LogP contribution in [0.4, 0.5) is 0 Å². The molecule has 0 aromatic heterocycles. The lowest BCUT2D eigenvalue weighted by molar-refractivity contribution is 0.117. The van der Waals surface area contributed by atoms with Gasteiger partial charge in [-0.05, 0) is 51.4 Å². The molecule has 2 fully saturated rings. The Labute approximate surface area is 111 Å². The van der Waals surface area contributed by atoms with E-state index in [1.807, 2.05) is 0 Å². The maximum Gasteiger partial charge on any atom is 0.0610 e. The molecule has 0 heterocycles. The van der Waals surface area contributed by atoms with Crippen molar-refractivity contribution in [2.75, 3.05) is 19.8 Å². The minimum Gasteiger partial charge on any atom is -0.394 e. The van der Waals surface area contributed by atoms with Gasteiger partial charge in [0, 0.05) is 24.8 Å². The minimum atomic E-state index is -0.0742. The molecule has 0 radical (unpaired) electrons. The average molecular weight is 255 g/mol. The van der Waals surface area contributed by atoms with E-state index < -0.39 is 0 Å². The minimum absolute atomic E-state index is 0.0742. The van der Waals surface area contributed by atoms with Gasteiger partial charge in [0.15, 0.2) is 0 Å². The van der Waals surface area contributed by atoms with Crippen molar-refractivity contribution in [3.05, 3.63) is 0 Å². The van der Waals surface area contributed by atoms with Crippen molar-refractivity contribution in [3.8, 4) is 0 Å². The quantitative estimate of drug-likeness (QED) is 0.557. The largest absolute Gasteiger partial charge is 0.394 e. The average Bonchev–Trinajstić information content (AvgIpc) is 3.22. The molecule has 18 heavy (non-hydrogen) atoms. The van der Waals surface area contributed by atoms with E-state index in [1.54, 1.807) is 0 Å². The Balaban J connectivity index is 1.44. The van der Waals surface area contributed by atoms with Crippen LogP contribution < -0.4 is 5.32 Å². The summed E-state index contributed by atoms with van der Waals surface area (Å²) in [6.45, 7) is 4.21. The lowest BCUT2D eigenvalue weighted by Crippen LogP contribution is -2.46. The lowest BCUT2D eigenvalue weighted by atomic mass is 9.95. The number of rotatable bonds is 11. The van der Waals surface area contributed by atoms with Crippen LogP contribution in [0.5, 0.6) is 0 Å². The molecule has 2 aliphatic rings. The normalized spacial score (nSPS) is 23.0. The number of ether oxygens (including phenoxy) is 1. The molecule has 0 amide bonds. The van der Waals surface area contributed by atoms with Crippen molar-refractivity contribution in [1.82, 2.24) is 5.32 Å². The van der Waals surface area contributed by atoms with Gasteiger partial charge in [-0.2, -0.15) is 0 Å². The molecule has 0 bridgehead atoms. The third-order valence-corrected chi connectivity index (χ3v) is 4.11. The zero-order chi connectivity index (χ0) is 12.8. The SMILES string of the molecule is CC(CO)(CCCCOCCC1CC1)NC1CC1. The zero-order valence-electron chi connectivity index (χ0n) is 11.8. The van der Waals surface area contributed by atoms with Gasteiger partial charge in [-0.15, -0.1) is 0 Å². The molecule has 2 rings (SSSR count). The van der Waals surface area contributed by atoms with Crippen molar-refractivity contribution < 1.29 is 9.84 Å².